The van der Waals surface area contributed by atoms with E-state index in [4.69, 9.17) is 0 Å². The van der Waals surface area contributed by atoms with Crippen LogP contribution in [0.3, 0.4) is 0 Å². The molecule has 0 saturated carbocycles. The lowest BCUT2D eigenvalue weighted by molar-refractivity contribution is -0.141. The van der Waals surface area contributed by atoms with Crippen molar-refractivity contribution in [3.8, 4) is 10.6 Å². The molecule has 2 aromatic rings. The number of rotatable bonds is 1. The van der Waals surface area contributed by atoms with Crippen LogP contribution in [0.1, 0.15) is 33.4 Å². The normalized spacial score (nSPS) is 10.1. The highest BCUT2D eigenvalue weighted by atomic mass is 32.1. The number of aryl methyl sites for hydroxylation is 1. The van der Waals surface area contributed by atoms with Crippen molar-refractivity contribution in [1.82, 2.24) is 9.78 Å². The summed E-state index contributed by atoms with van der Waals surface area (Å²) in [6, 6.07) is 4.62. The Morgan fingerprint density at radius 3 is 2.11 bits per heavy atom. The highest BCUT2D eigenvalue weighted by molar-refractivity contribution is 7.13. The van der Waals surface area contributed by atoms with E-state index in [0.29, 0.717) is 5.69 Å². The molecule has 19 heavy (non-hydrogen) atoms. The summed E-state index contributed by atoms with van der Waals surface area (Å²) >= 11 is 1.39. The van der Waals surface area contributed by atoms with Crippen molar-refractivity contribution in [2.75, 3.05) is 0 Å². The molecule has 0 aliphatic rings. The molecule has 108 valence electrons. The zero-order chi connectivity index (χ0) is 15.1. The van der Waals surface area contributed by atoms with Gasteiger partial charge in [0.25, 0.3) is 0 Å². The van der Waals surface area contributed by atoms with E-state index in [9.17, 15) is 13.2 Å². The molecule has 0 amide bonds. The number of halogens is 3. The SMILES string of the molecule is CC.CC.Cn1nc(C(F)(F)F)cc1-c1cccs1. The largest absolute Gasteiger partial charge is 0.435 e. The fourth-order valence-corrected chi connectivity index (χ4v) is 2.03. The van der Waals surface area contributed by atoms with Gasteiger partial charge in [0, 0.05) is 7.05 Å². The summed E-state index contributed by atoms with van der Waals surface area (Å²) in [6.07, 6.45) is -4.38. The van der Waals surface area contributed by atoms with Crippen LogP contribution in [0.4, 0.5) is 13.2 Å². The summed E-state index contributed by atoms with van der Waals surface area (Å²) in [4.78, 5) is 0.778. The summed E-state index contributed by atoms with van der Waals surface area (Å²) < 4.78 is 38.3. The molecule has 0 atom stereocenters. The maximum Gasteiger partial charge on any atom is 0.435 e. The molecule has 0 spiro atoms. The minimum absolute atomic E-state index is 0.484. The second-order valence-corrected chi connectivity index (χ2v) is 3.96. The third-order valence-corrected chi connectivity index (χ3v) is 2.84. The fourth-order valence-electron chi connectivity index (χ4n) is 1.26. The molecular weight excluding hydrogens is 273 g/mol. The molecule has 0 N–H and O–H groups in total. The lowest BCUT2D eigenvalue weighted by atomic mass is 10.3. The Bertz CT molecular complexity index is 459. The van der Waals surface area contributed by atoms with Crippen molar-refractivity contribution in [1.29, 1.82) is 0 Å². The van der Waals surface area contributed by atoms with Gasteiger partial charge in [-0.25, -0.2) is 0 Å². The van der Waals surface area contributed by atoms with E-state index in [1.807, 2.05) is 33.1 Å². The zero-order valence-electron chi connectivity index (χ0n) is 11.7. The van der Waals surface area contributed by atoms with Gasteiger partial charge in [-0.05, 0) is 17.5 Å². The van der Waals surface area contributed by atoms with Crippen molar-refractivity contribution in [3.05, 3.63) is 29.3 Å². The Balaban J connectivity index is 0.000000741. The average Bonchev–Trinajstić information content (AvgIpc) is 3.02. The molecule has 0 aromatic carbocycles. The maximum absolute atomic E-state index is 12.4. The summed E-state index contributed by atoms with van der Waals surface area (Å²) in [7, 11) is 1.50. The minimum Gasteiger partial charge on any atom is -0.267 e. The van der Waals surface area contributed by atoms with Crippen LogP contribution < -0.4 is 0 Å². The number of hydrogen-bond acceptors (Lipinski definition) is 2. The van der Waals surface area contributed by atoms with E-state index >= 15 is 0 Å². The molecule has 0 saturated heterocycles. The fraction of sp³-hybridized carbons (Fsp3) is 0.462. The van der Waals surface area contributed by atoms with Crippen molar-refractivity contribution >= 4 is 11.3 Å². The molecule has 6 heteroatoms. The number of alkyl halides is 3. The maximum atomic E-state index is 12.4. The van der Waals surface area contributed by atoms with Crippen LogP contribution in [0.15, 0.2) is 23.6 Å². The topological polar surface area (TPSA) is 17.8 Å². The number of aromatic nitrogens is 2. The zero-order valence-corrected chi connectivity index (χ0v) is 12.6. The van der Waals surface area contributed by atoms with Gasteiger partial charge in [0.2, 0.25) is 0 Å². The molecule has 0 aliphatic heterocycles. The van der Waals surface area contributed by atoms with Crippen molar-refractivity contribution in [2.24, 2.45) is 7.05 Å². The smallest absolute Gasteiger partial charge is 0.267 e. The van der Waals surface area contributed by atoms with Gasteiger partial charge in [-0.3, -0.25) is 4.68 Å². The molecular formula is C13H19F3N2S. The molecule has 2 heterocycles. The number of nitrogens with zero attached hydrogens (tertiary/aromatic N) is 2. The molecule has 0 aliphatic carbocycles. The minimum atomic E-state index is -4.38. The van der Waals surface area contributed by atoms with Crippen molar-refractivity contribution in [3.63, 3.8) is 0 Å². The first-order valence-corrected chi connectivity index (χ1v) is 7.01. The van der Waals surface area contributed by atoms with Gasteiger partial charge in [-0.1, -0.05) is 33.8 Å². The van der Waals surface area contributed by atoms with Crippen LogP contribution in [-0.2, 0) is 13.2 Å². The van der Waals surface area contributed by atoms with Crippen LogP contribution in [0.2, 0.25) is 0 Å². The van der Waals surface area contributed by atoms with Crippen LogP contribution in [-0.4, -0.2) is 9.78 Å². The Labute approximate surface area is 115 Å². The van der Waals surface area contributed by atoms with Crippen molar-refractivity contribution < 1.29 is 13.2 Å². The van der Waals surface area contributed by atoms with E-state index in [0.717, 1.165) is 10.9 Å². The predicted molar refractivity (Wildman–Crippen MR) is 74.2 cm³/mol. The number of thiophene rings is 1. The highest BCUT2D eigenvalue weighted by Crippen LogP contribution is 2.32. The van der Waals surface area contributed by atoms with Gasteiger partial charge in [0.15, 0.2) is 5.69 Å². The third-order valence-electron chi connectivity index (χ3n) is 1.94. The third kappa shape index (κ3) is 4.70. The van der Waals surface area contributed by atoms with Crippen LogP contribution in [0.5, 0.6) is 0 Å². The lowest BCUT2D eigenvalue weighted by Crippen LogP contribution is -2.06. The first-order valence-electron chi connectivity index (χ1n) is 6.13. The van der Waals surface area contributed by atoms with E-state index in [1.165, 1.54) is 23.1 Å². The second kappa shape index (κ2) is 7.99. The molecule has 0 radical (unpaired) electrons. The van der Waals surface area contributed by atoms with Gasteiger partial charge in [0.1, 0.15) is 0 Å². The monoisotopic (exact) mass is 292 g/mol. The van der Waals surface area contributed by atoms with Crippen LogP contribution >= 0.6 is 11.3 Å². The summed E-state index contributed by atoms with van der Waals surface area (Å²) in [5.41, 5.74) is -0.370. The second-order valence-electron chi connectivity index (χ2n) is 3.01. The summed E-state index contributed by atoms with van der Waals surface area (Å²) in [5, 5.41) is 5.25. The van der Waals surface area contributed by atoms with Gasteiger partial charge < -0.3 is 0 Å². The average molecular weight is 292 g/mol. The molecule has 0 bridgehead atoms. The lowest BCUT2D eigenvalue weighted by Gasteiger charge is -1.98. The van der Waals surface area contributed by atoms with Gasteiger partial charge in [0.05, 0.1) is 10.6 Å². The Hall–Kier alpha value is -1.30. The highest BCUT2D eigenvalue weighted by Gasteiger charge is 2.34. The summed E-state index contributed by atoms with van der Waals surface area (Å²) in [6.45, 7) is 8.00. The molecule has 2 nitrogen and oxygen atoms in total. The van der Waals surface area contributed by atoms with E-state index in [-0.39, 0.29) is 0 Å². The Morgan fingerprint density at radius 2 is 1.74 bits per heavy atom. The quantitative estimate of drug-likeness (QED) is 0.704. The van der Waals surface area contributed by atoms with Gasteiger partial charge in [-0.15, -0.1) is 11.3 Å². The predicted octanol–water partition coefficient (Wildman–Crippen LogP) is 5.22. The van der Waals surface area contributed by atoms with E-state index in [1.54, 1.807) is 12.1 Å². The Morgan fingerprint density at radius 1 is 1.16 bits per heavy atom. The molecule has 0 fully saturated rings. The Kier molecular flexibility index (Phi) is 7.44. The first-order chi connectivity index (χ1) is 8.98. The van der Waals surface area contributed by atoms with Crippen LogP contribution in [0, 0.1) is 0 Å². The number of hydrogen-bond donors (Lipinski definition) is 0. The first kappa shape index (κ1) is 17.7. The van der Waals surface area contributed by atoms with Gasteiger partial charge >= 0.3 is 6.18 Å². The molecule has 0 unspecified atom stereocenters. The standard InChI is InChI=1S/C9H7F3N2S.2C2H6/c1-14-6(7-3-2-4-15-7)5-8(13-14)9(10,11)12;2*1-2/h2-5H,1H3;2*1-2H3. The summed E-state index contributed by atoms with van der Waals surface area (Å²) in [5.74, 6) is 0. The van der Waals surface area contributed by atoms with E-state index < -0.39 is 11.9 Å². The molecule has 2 aromatic heterocycles. The molecule has 2 rings (SSSR count). The van der Waals surface area contributed by atoms with Gasteiger partial charge in [-0.2, -0.15) is 18.3 Å². The van der Waals surface area contributed by atoms with Crippen LogP contribution in [0.25, 0.3) is 10.6 Å². The van der Waals surface area contributed by atoms with Crippen molar-refractivity contribution in [2.45, 2.75) is 33.9 Å². The van der Waals surface area contributed by atoms with E-state index in [2.05, 4.69) is 5.10 Å².